The summed E-state index contributed by atoms with van der Waals surface area (Å²) in [4.78, 5) is 19.1. The number of esters is 1. The Morgan fingerprint density at radius 1 is 1.04 bits per heavy atom. The van der Waals surface area contributed by atoms with E-state index in [1.54, 1.807) is 0 Å². The van der Waals surface area contributed by atoms with Gasteiger partial charge in [-0.1, -0.05) is 48.0 Å². The Morgan fingerprint density at radius 3 is 2.24 bits per heavy atom. The Kier molecular flexibility index (Phi) is 4.57. The van der Waals surface area contributed by atoms with Gasteiger partial charge >= 0.3 is 5.97 Å². The summed E-state index contributed by atoms with van der Waals surface area (Å²) in [5, 5.41) is 0. The highest BCUT2D eigenvalue weighted by atomic mass is 16.5. The molecule has 5 nitrogen and oxygen atoms in total. The lowest BCUT2D eigenvalue weighted by atomic mass is 10.2. The average molecular weight is 335 g/mol. The van der Waals surface area contributed by atoms with Crippen molar-refractivity contribution < 1.29 is 9.53 Å². The van der Waals surface area contributed by atoms with Gasteiger partial charge in [0.2, 0.25) is 0 Å². The molecule has 1 heterocycles. The number of carbonyl (C=O) groups is 1. The molecule has 0 atom stereocenters. The maximum absolute atomic E-state index is 12.5. The zero-order valence-electron chi connectivity index (χ0n) is 14.9. The molecule has 1 aromatic heterocycles. The standard InChI is InChI=1S/C20H21N3O2/c1-14-10-12-16(13-11-14)23-17(20(24)25-4)19(22(2)3)21-18(23)15-8-6-5-7-9-15/h5-13H,1-4H3. The van der Waals surface area contributed by atoms with E-state index in [0.29, 0.717) is 17.3 Å². The van der Waals surface area contributed by atoms with Crippen LogP contribution in [0.2, 0.25) is 0 Å². The minimum absolute atomic E-state index is 0.412. The van der Waals surface area contributed by atoms with Gasteiger partial charge in [0.25, 0.3) is 0 Å². The Morgan fingerprint density at radius 2 is 1.68 bits per heavy atom. The lowest BCUT2D eigenvalue weighted by Crippen LogP contribution is -2.17. The predicted octanol–water partition coefficient (Wildman–Crippen LogP) is 3.70. The summed E-state index contributed by atoms with van der Waals surface area (Å²) in [5.41, 5.74) is 3.36. The van der Waals surface area contributed by atoms with Crippen LogP contribution in [0.15, 0.2) is 54.6 Å². The molecule has 0 radical (unpaired) electrons. The molecule has 25 heavy (non-hydrogen) atoms. The van der Waals surface area contributed by atoms with E-state index in [9.17, 15) is 4.79 Å². The molecule has 0 amide bonds. The molecular weight excluding hydrogens is 314 g/mol. The largest absolute Gasteiger partial charge is 0.464 e. The van der Waals surface area contributed by atoms with Gasteiger partial charge < -0.3 is 9.64 Å². The number of hydrogen-bond donors (Lipinski definition) is 0. The van der Waals surface area contributed by atoms with Gasteiger partial charge in [0.05, 0.1) is 7.11 Å². The molecule has 3 rings (SSSR count). The van der Waals surface area contributed by atoms with Gasteiger partial charge in [-0.25, -0.2) is 9.78 Å². The Balaban J connectivity index is 2.34. The number of hydrogen-bond acceptors (Lipinski definition) is 4. The van der Waals surface area contributed by atoms with Gasteiger partial charge in [0.15, 0.2) is 11.5 Å². The third kappa shape index (κ3) is 3.13. The van der Waals surface area contributed by atoms with E-state index in [0.717, 1.165) is 16.8 Å². The molecule has 0 aliphatic carbocycles. The number of nitrogens with zero attached hydrogens (tertiary/aromatic N) is 3. The van der Waals surface area contributed by atoms with Gasteiger partial charge in [-0.05, 0) is 19.1 Å². The fourth-order valence-electron chi connectivity index (χ4n) is 2.73. The lowest BCUT2D eigenvalue weighted by Gasteiger charge is -2.14. The second kappa shape index (κ2) is 6.81. The maximum atomic E-state index is 12.5. The molecule has 0 saturated heterocycles. The van der Waals surface area contributed by atoms with E-state index in [2.05, 4.69) is 0 Å². The van der Waals surface area contributed by atoms with Crippen molar-refractivity contribution in [3.05, 3.63) is 65.9 Å². The molecule has 0 saturated carbocycles. The number of imidazole rings is 1. The number of aryl methyl sites for hydroxylation is 1. The Bertz CT molecular complexity index is 881. The third-order valence-electron chi connectivity index (χ3n) is 3.99. The van der Waals surface area contributed by atoms with E-state index in [-0.39, 0.29) is 0 Å². The van der Waals surface area contributed by atoms with Gasteiger partial charge in [0, 0.05) is 25.3 Å². The van der Waals surface area contributed by atoms with Crippen LogP contribution in [-0.4, -0.2) is 36.7 Å². The average Bonchev–Trinajstić information content (AvgIpc) is 3.03. The van der Waals surface area contributed by atoms with Gasteiger partial charge in [0.1, 0.15) is 5.82 Å². The minimum atomic E-state index is -0.418. The van der Waals surface area contributed by atoms with Crippen LogP contribution in [0, 0.1) is 6.92 Å². The number of carbonyl (C=O) groups excluding carboxylic acids is 1. The molecule has 0 aliphatic heterocycles. The molecular formula is C20H21N3O2. The van der Waals surface area contributed by atoms with Crippen LogP contribution in [0.25, 0.3) is 17.1 Å². The van der Waals surface area contributed by atoms with Crippen LogP contribution in [0.5, 0.6) is 0 Å². The number of ether oxygens (including phenoxy) is 1. The van der Waals surface area contributed by atoms with E-state index in [1.165, 1.54) is 7.11 Å². The summed E-state index contributed by atoms with van der Waals surface area (Å²) < 4.78 is 6.89. The second-order valence-electron chi connectivity index (χ2n) is 6.03. The summed E-state index contributed by atoms with van der Waals surface area (Å²) in [6, 6.07) is 17.8. The molecule has 3 aromatic rings. The molecule has 0 fully saturated rings. The van der Waals surface area contributed by atoms with Crippen molar-refractivity contribution in [3.63, 3.8) is 0 Å². The van der Waals surface area contributed by atoms with Crippen molar-refractivity contribution in [3.8, 4) is 17.1 Å². The van der Waals surface area contributed by atoms with Crippen LogP contribution in [-0.2, 0) is 4.74 Å². The second-order valence-corrected chi connectivity index (χ2v) is 6.03. The van der Waals surface area contributed by atoms with E-state index in [4.69, 9.17) is 9.72 Å². The fraction of sp³-hybridized carbons (Fsp3) is 0.200. The van der Waals surface area contributed by atoms with Crippen molar-refractivity contribution in [1.82, 2.24) is 9.55 Å². The van der Waals surface area contributed by atoms with Crippen molar-refractivity contribution in [1.29, 1.82) is 0 Å². The van der Waals surface area contributed by atoms with Crippen LogP contribution < -0.4 is 4.90 Å². The van der Waals surface area contributed by atoms with E-state index < -0.39 is 5.97 Å². The summed E-state index contributed by atoms with van der Waals surface area (Å²) in [6.07, 6.45) is 0. The molecule has 2 aromatic carbocycles. The number of aromatic nitrogens is 2. The summed E-state index contributed by atoms with van der Waals surface area (Å²) in [7, 11) is 5.11. The first-order chi connectivity index (χ1) is 12.0. The number of benzene rings is 2. The van der Waals surface area contributed by atoms with Crippen molar-refractivity contribution >= 4 is 11.8 Å². The summed E-state index contributed by atoms with van der Waals surface area (Å²) in [5.74, 6) is 0.860. The number of methoxy groups -OCH3 is 1. The molecule has 128 valence electrons. The fourth-order valence-corrected chi connectivity index (χ4v) is 2.73. The molecule has 0 bridgehead atoms. The quantitative estimate of drug-likeness (QED) is 0.682. The molecule has 0 aliphatic rings. The molecule has 0 N–H and O–H groups in total. The Labute approximate surface area is 147 Å². The smallest absolute Gasteiger partial charge is 0.358 e. The monoisotopic (exact) mass is 335 g/mol. The SMILES string of the molecule is COC(=O)c1c(N(C)C)nc(-c2ccccc2)n1-c1ccc(C)cc1. The molecule has 5 heteroatoms. The first-order valence-corrected chi connectivity index (χ1v) is 8.03. The molecule has 0 unspecified atom stereocenters. The first kappa shape index (κ1) is 16.8. The van der Waals surface area contributed by atoms with Crippen LogP contribution in [0.4, 0.5) is 5.82 Å². The zero-order valence-corrected chi connectivity index (χ0v) is 14.9. The van der Waals surface area contributed by atoms with Crippen molar-refractivity contribution in [2.75, 3.05) is 26.1 Å². The summed E-state index contributed by atoms with van der Waals surface area (Å²) >= 11 is 0. The predicted molar refractivity (Wildman–Crippen MR) is 99.4 cm³/mol. The summed E-state index contributed by atoms with van der Waals surface area (Å²) in [6.45, 7) is 2.03. The highest BCUT2D eigenvalue weighted by Crippen LogP contribution is 2.31. The first-order valence-electron chi connectivity index (χ1n) is 8.03. The van der Waals surface area contributed by atoms with Gasteiger partial charge in [-0.2, -0.15) is 0 Å². The topological polar surface area (TPSA) is 47.4 Å². The number of rotatable bonds is 4. The highest BCUT2D eigenvalue weighted by Gasteiger charge is 2.26. The van der Waals surface area contributed by atoms with Crippen LogP contribution >= 0.6 is 0 Å². The lowest BCUT2D eigenvalue weighted by molar-refractivity contribution is 0.0592. The van der Waals surface area contributed by atoms with Crippen LogP contribution in [0.1, 0.15) is 16.1 Å². The maximum Gasteiger partial charge on any atom is 0.358 e. The van der Waals surface area contributed by atoms with Crippen molar-refractivity contribution in [2.24, 2.45) is 0 Å². The zero-order chi connectivity index (χ0) is 18.0. The number of anilines is 1. The van der Waals surface area contributed by atoms with Crippen molar-refractivity contribution in [2.45, 2.75) is 6.92 Å². The minimum Gasteiger partial charge on any atom is -0.464 e. The Hall–Kier alpha value is -3.08. The van der Waals surface area contributed by atoms with E-state index >= 15 is 0 Å². The molecule has 0 spiro atoms. The van der Waals surface area contributed by atoms with E-state index in [1.807, 2.05) is 85.1 Å². The van der Waals surface area contributed by atoms with Gasteiger partial charge in [-0.15, -0.1) is 0 Å². The highest BCUT2D eigenvalue weighted by molar-refractivity contribution is 5.95. The van der Waals surface area contributed by atoms with Crippen LogP contribution in [0.3, 0.4) is 0 Å². The van der Waals surface area contributed by atoms with Gasteiger partial charge in [-0.3, -0.25) is 4.57 Å². The third-order valence-corrected chi connectivity index (χ3v) is 3.99. The normalized spacial score (nSPS) is 10.6.